The van der Waals surface area contributed by atoms with Gasteiger partial charge in [0.15, 0.2) is 0 Å². The molecule has 0 aliphatic rings. The van der Waals surface area contributed by atoms with Crippen LogP contribution >= 0.6 is 12.6 Å². The summed E-state index contributed by atoms with van der Waals surface area (Å²) in [6, 6.07) is 1.94. The third-order valence-corrected chi connectivity index (χ3v) is 6.03. The van der Waals surface area contributed by atoms with Crippen molar-refractivity contribution in [2.45, 2.75) is 71.1 Å². The lowest BCUT2D eigenvalue weighted by Crippen LogP contribution is -2.58. The smallest absolute Gasteiger partial charge is 0.326 e. The monoisotopic (exact) mass is 510 g/mol. The third-order valence-electron chi connectivity index (χ3n) is 5.66. The van der Waals surface area contributed by atoms with E-state index in [2.05, 4.69) is 28.6 Å². The average molecular weight is 511 g/mol. The third kappa shape index (κ3) is 10.2. The van der Waals surface area contributed by atoms with Crippen molar-refractivity contribution < 1.29 is 29.4 Å². The number of benzene rings is 1. The second kappa shape index (κ2) is 14.6. The zero-order chi connectivity index (χ0) is 26.7. The number of amides is 3. The molecule has 196 valence electrons. The molecule has 0 bridgehead atoms. The number of nitrogens with one attached hydrogen (secondary N) is 3. The van der Waals surface area contributed by atoms with Crippen LogP contribution in [0.4, 0.5) is 0 Å². The van der Waals surface area contributed by atoms with Gasteiger partial charge in [0, 0.05) is 12.2 Å². The Labute approximate surface area is 211 Å². The molecule has 0 aliphatic heterocycles. The van der Waals surface area contributed by atoms with Crippen molar-refractivity contribution >= 4 is 36.3 Å². The summed E-state index contributed by atoms with van der Waals surface area (Å²) in [4.78, 5) is 50.2. The Balaban J connectivity index is 3.07. The van der Waals surface area contributed by atoms with Gasteiger partial charge in [0.05, 0.1) is 6.04 Å². The standard InChI is InChI=1S/C24H38N4O6S/c1-5-14(4)20(24(33)34)28-22(31)18(11-15-6-8-16(29)9-7-15)26-23(32)19(12-35)27-21(30)17(25)10-13(2)3/h6-9,13-14,17-20,29,35H,5,10-12,25H2,1-4H3,(H,26,32)(H,27,30)(H,28,31)(H,33,34). The number of thiol groups is 1. The Kier molecular flexibility index (Phi) is 12.6. The van der Waals surface area contributed by atoms with Crippen molar-refractivity contribution in [1.82, 2.24) is 16.0 Å². The predicted octanol–water partition coefficient (Wildman–Crippen LogP) is 0.823. The molecule has 5 atom stereocenters. The minimum atomic E-state index is -1.18. The van der Waals surface area contributed by atoms with Crippen molar-refractivity contribution in [3.63, 3.8) is 0 Å². The second-order valence-corrected chi connectivity index (χ2v) is 9.49. The lowest BCUT2D eigenvalue weighted by molar-refractivity contribution is -0.143. The number of hydrogen-bond acceptors (Lipinski definition) is 7. The summed E-state index contributed by atoms with van der Waals surface area (Å²) < 4.78 is 0. The summed E-state index contributed by atoms with van der Waals surface area (Å²) in [6.45, 7) is 7.37. The van der Waals surface area contributed by atoms with Gasteiger partial charge in [-0.25, -0.2) is 4.79 Å². The quantitative estimate of drug-likeness (QED) is 0.182. The van der Waals surface area contributed by atoms with Crippen LogP contribution in [0.2, 0.25) is 0 Å². The summed E-state index contributed by atoms with van der Waals surface area (Å²) in [6.07, 6.45) is 0.992. The van der Waals surface area contributed by atoms with Gasteiger partial charge in [-0.15, -0.1) is 0 Å². The van der Waals surface area contributed by atoms with Crippen molar-refractivity contribution in [3.8, 4) is 5.75 Å². The highest BCUT2D eigenvalue weighted by Crippen LogP contribution is 2.13. The summed E-state index contributed by atoms with van der Waals surface area (Å²) in [5, 5.41) is 26.8. The van der Waals surface area contributed by atoms with E-state index in [-0.39, 0.29) is 29.8 Å². The Morgan fingerprint density at radius 1 is 0.943 bits per heavy atom. The maximum atomic E-state index is 13.1. The number of carboxylic acids is 1. The highest BCUT2D eigenvalue weighted by atomic mass is 32.1. The molecular weight excluding hydrogens is 472 g/mol. The topological polar surface area (TPSA) is 171 Å². The van der Waals surface area contributed by atoms with Crippen LogP contribution in [0.3, 0.4) is 0 Å². The molecule has 0 radical (unpaired) electrons. The molecule has 0 saturated carbocycles. The second-order valence-electron chi connectivity index (χ2n) is 9.12. The largest absolute Gasteiger partial charge is 0.508 e. The number of hydrogen-bond donors (Lipinski definition) is 7. The van der Waals surface area contributed by atoms with Gasteiger partial charge >= 0.3 is 5.97 Å². The van der Waals surface area contributed by atoms with E-state index in [0.29, 0.717) is 18.4 Å². The number of rotatable bonds is 14. The molecule has 0 aromatic heterocycles. The Hall–Kier alpha value is -2.79. The summed E-state index contributed by atoms with van der Waals surface area (Å²) in [5.41, 5.74) is 6.53. The molecule has 0 fully saturated rings. The maximum absolute atomic E-state index is 13.1. The number of aromatic hydroxyl groups is 1. The van der Waals surface area contributed by atoms with Crippen LogP contribution in [0.15, 0.2) is 24.3 Å². The highest BCUT2D eigenvalue weighted by Gasteiger charge is 2.31. The fourth-order valence-corrected chi connectivity index (χ4v) is 3.63. The van der Waals surface area contributed by atoms with Crippen molar-refractivity contribution in [1.29, 1.82) is 0 Å². The minimum absolute atomic E-state index is 0.0325. The molecule has 5 unspecified atom stereocenters. The van der Waals surface area contributed by atoms with E-state index in [0.717, 1.165) is 0 Å². The molecule has 0 spiro atoms. The van der Waals surface area contributed by atoms with Gasteiger partial charge in [-0.3, -0.25) is 14.4 Å². The summed E-state index contributed by atoms with van der Waals surface area (Å²) >= 11 is 4.15. The van der Waals surface area contributed by atoms with Gasteiger partial charge in [-0.2, -0.15) is 12.6 Å². The molecular formula is C24H38N4O6S. The Morgan fingerprint density at radius 2 is 1.49 bits per heavy atom. The minimum Gasteiger partial charge on any atom is -0.508 e. The maximum Gasteiger partial charge on any atom is 0.326 e. The van der Waals surface area contributed by atoms with E-state index in [1.165, 1.54) is 12.1 Å². The average Bonchev–Trinajstić information content (AvgIpc) is 2.80. The normalized spacial score (nSPS) is 15.4. The van der Waals surface area contributed by atoms with Gasteiger partial charge in [0.2, 0.25) is 17.7 Å². The Morgan fingerprint density at radius 3 is 1.97 bits per heavy atom. The number of nitrogens with two attached hydrogens (primary N) is 1. The number of carbonyl (C=O) groups excluding carboxylic acids is 3. The van der Waals surface area contributed by atoms with E-state index in [4.69, 9.17) is 5.73 Å². The number of aliphatic carboxylic acids is 1. The summed E-state index contributed by atoms with van der Waals surface area (Å²) in [5.74, 6) is -3.17. The van der Waals surface area contributed by atoms with Crippen LogP contribution in [0, 0.1) is 11.8 Å². The predicted molar refractivity (Wildman–Crippen MR) is 136 cm³/mol. The highest BCUT2D eigenvalue weighted by molar-refractivity contribution is 7.80. The molecule has 0 aliphatic carbocycles. The fraction of sp³-hybridized carbons (Fsp3) is 0.583. The van der Waals surface area contributed by atoms with E-state index in [1.54, 1.807) is 19.1 Å². The van der Waals surface area contributed by atoms with E-state index < -0.39 is 47.9 Å². The van der Waals surface area contributed by atoms with Crippen LogP contribution in [0.1, 0.15) is 46.1 Å². The first-order valence-electron chi connectivity index (χ1n) is 11.7. The van der Waals surface area contributed by atoms with E-state index in [9.17, 15) is 29.4 Å². The molecule has 11 heteroatoms. The van der Waals surface area contributed by atoms with Gasteiger partial charge in [0.1, 0.15) is 23.9 Å². The van der Waals surface area contributed by atoms with Crippen LogP contribution < -0.4 is 21.7 Å². The molecule has 1 rings (SSSR count). The van der Waals surface area contributed by atoms with Crippen molar-refractivity contribution in [2.24, 2.45) is 17.6 Å². The van der Waals surface area contributed by atoms with Crippen LogP contribution in [0.5, 0.6) is 5.75 Å². The first kappa shape index (κ1) is 30.2. The van der Waals surface area contributed by atoms with Crippen molar-refractivity contribution in [2.75, 3.05) is 5.75 Å². The zero-order valence-electron chi connectivity index (χ0n) is 20.7. The van der Waals surface area contributed by atoms with Gasteiger partial charge in [0.25, 0.3) is 0 Å². The summed E-state index contributed by atoms with van der Waals surface area (Å²) in [7, 11) is 0. The molecule has 1 aromatic rings. The Bertz CT molecular complexity index is 864. The molecule has 7 N–H and O–H groups in total. The number of phenolic OH excluding ortho intramolecular Hbond substituents is 1. The first-order chi connectivity index (χ1) is 16.4. The van der Waals surface area contributed by atoms with Gasteiger partial charge in [-0.05, 0) is 36.0 Å². The molecule has 35 heavy (non-hydrogen) atoms. The molecule has 0 saturated heterocycles. The van der Waals surface area contributed by atoms with Gasteiger partial charge < -0.3 is 31.9 Å². The van der Waals surface area contributed by atoms with E-state index in [1.807, 2.05) is 20.8 Å². The number of carbonyl (C=O) groups is 4. The molecule has 1 aromatic carbocycles. The van der Waals surface area contributed by atoms with Crippen LogP contribution in [-0.2, 0) is 25.6 Å². The fourth-order valence-electron chi connectivity index (χ4n) is 3.37. The molecule has 0 heterocycles. The van der Waals surface area contributed by atoms with Crippen LogP contribution in [-0.4, -0.2) is 63.8 Å². The van der Waals surface area contributed by atoms with Crippen molar-refractivity contribution in [3.05, 3.63) is 29.8 Å². The van der Waals surface area contributed by atoms with E-state index >= 15 is 0 Å². The van der Waals surface area contributed by atoms with Crippen LogP contribution in [0.25, 0.3) is 0 Å². The molecule has 3 amide bonds. The first-order valence-corrected chi connectivity index (χ1v) is 12.3. The molecule has 10 nitrogen and oxygen atoms in total. The zero-order valence-corrected chi connectivity index (χ0v) is 21.5. The van der Waals surface area contributed by atoms with Gasteiger partial charge in [-0.1, -0.05) is 46.2 Å². The SMILES string of the molecule is CCC(C)C(NC(=O)C(Cc1ccc(O)cc1)NC(=O)C(CS)NC(=O)C(N)CC(C)C)C(=O)O. The number of carboxylic acid groups (broad SMARTS) is 1. The number of phenols is 1. The lowest BCUT2D eigenvalue weighted by Gasteiger charge is -2.26. The lowest BCUT2D eigenvalue weighted by atomic mass is 9.98.